The molecule has 0 amide bonds. The predicted molar refractivity (Wildman–Crippen MR) is 95.4 cm³/mol. The first-order chi connectivity index (χ1) is 11.0. The molecule has 0 rings (SSSR count). The molecule has 26 heavy (non-hydrogen) atoms. The summed E-state index contributed by atoms with van der Waals surface area (Å²) in [5.74, 6) is -0.347. The molecule has 0 heterocycles. The van der Waals surface area contributed by atoms with E-state index in [0.717, 1.165) is 34.9 Å². The molecule has 0 aromatic carbocycles. The van der Waals surface area contributed by atoms with E-state index in [4.69, 9.17) is 9.47 Å². The fraction of sp³-hybridized carbons (Fsp3) is 0.889. The molecule has 6 nitrogen and oxygen atoms in total. The molecule has 0 aliphatic carbocycles. The smallest absolute Gasteiger partial charge is 0.305 e. The highest BCUT2D eigenvalue weighted by atomic mass is 79.9. The van der Waals surface area contributed by atoms with Gasteiger partial charge in [-0.1, -0.05) is 0 Å². The third-order valence-corrected chi connectivity index (χ3v) is 3.48. The number of hydrogen-bond acceptors (Lipinski definition) is 4. The van der Waals surface area contributed by atoms with Crippen LogP contribution in [0, 0.1) is 0 Å². The molecule has 158 valence electrons. The lowest BCUT2D eigenvalue weighted by Gasteiger charge is -2.23. The van der Waals surface area contributed by atoms with Crippen LogP contribution in [0.5, 0.6) is 0 Å². The lowest BCUT2D eigenvalue weighted by molar-refractivity contribution is -0.870. The predicted octanol–water partition coefficient (Wildman–Crippen LogP) is -4.17. The van der Waals surface area contributed by atoms with Crippen LogP contribution in [0.25, 0.3) is 0 Å². The number of nitrogens with zero attached hydrogens (tertiary/aromatic N) is 2. The van der Waals surface area contributed by atoms with Gasteiger partial charge in [-0.3, -0.25) is 9.59 Å². The number of ether oxygens (including phenoxy) is 2. The summed E-state index contributed by atoms with van der Waals surface area (Å²) in [5.41, 5.74) is 0. The molecule has 0 aliphatic rings. The number of quaternary nitrogens is 2. The summed E-state index contributed by atoms with van der Waals surface area (Å²) in [5, 5.41) is 0. The third kappa shape index (κ3) is 23.8. The monoisotopic (exact) mass is 504 g/mol. The molecule has 0 atom stereocenters. The summed E-state index contributed by atoms with van der Waals surface area (Å²) in [7, 11) is 12.7. The Morgan fingerprint density at radius 2 is 0.923 bits per heavy atom. The van der Waals surface area contributed by atoms with Gasteiger partial charge in [-0.25, -0.2) is 0 Å². The van der Waals surface area contributed by atoms with Gasteiger partial charge in [0, 0.05) is 25.7 Å². The minimum Gasteiger partial charge on any atom is -1.00 e. The topological polar surface area (TPSA) is 52.6 Å². The average molecular weight is 506 g/mol. The fourth-order valence-electron chi connectivity index (χ4n) is 2.13. The molecule has 0 aliphatic heterocycles. The zero-order valence-electron chi connectivity index (χ0n) is 17.4. The van der Waals surface area contributed by atoms with Crippen LogP contribution in [0.15, 0.2) is 0 Å². The van der Waals surface area contributed by atoms with E-state index in [9.17, 15) is 9.59 Å². The van der Waals surface area contributed by atoms with Crippen molar-refractivity contribution < 1.29 is 62.0 Å². The first kappa shape index (κ1) is 30.5. The maximum Gasteiger partial charge on any atom is 0.305 e. The number of esters is 2. The second-order valence-electron chi connectivity index (χ2n) is 8.38. The van der Waals surface area contributed by atoms with E-state index < -0.39 is 0 Å². The summed E-state index contributed by atoms with van der Waals surface area (Å²) in [6.07, 6.45) is 3.83. The van der Waals surface area contributed by atoms with Crippen molar-refractivity contribution in [3.8, 4) is 0 Å². The molecule has 0 N–H and O–H groups in total. The van der Waals surface area contributed by atoms with Crippen LogP contribution in [-0.4, -0.2) is 89.5 Å². The van der Waals surface area contributed by atoms with Crippen molar-refractivity contribution in [2.24, 2.45) is 0 Å². The van der Waals surface area contributed by atoms with Gasteiger partial charge in [-0.05, 0) is 12.8 Å². The summed E-state index contributed by atoms with van der Waals surface area (Å²) in [6.45, 7) is 2.91. The number of halogens is 2. The fourth-order valence-corrected chi connectivity index (χ4v) is 2.13. The second kappa shape index (κ2) is 15.8. The molecule has 0 fully saturated rings. The van der Waals surface area contributed by atoms with E-state index in [2.05, 4.69) is 42.3 Å². The Bertz CT molecular complexity index is 344. The van der Waals surface area contributed by atoms with Crippen LogP contribution in [0.2, 0.25) is 0 Å². The van der Waals surface area contributed by atoms with Gasteiger partial charge >= 0.3 is 11.9 Å². The van der Waals surface area contributed by atoms with Crippen LogP contribution in [-0.2, 0) is 19.1 Å². The van der Waals surface area contributed by atoms with Gasteiger partial charge in [0.15, 0.2) is 0 Å². The van der Waals surface area contributed by atoms with Gasteiger partial charge in [0.05, 0.1) is 68.6 Å². The SMILES string of the molecule is C[N+](C)(C)CCCOC(=O)CCCCC(=O)OCCC[N+](C)(C)C.[Br-].[Br-]. The average Bonchev–Trinajstić information content (AvgIpc) is 2.42. The van der Waals surface area contributed by atoms with E-state index in [1.165, 1.54) is 0 Å². The maximum absolute atomic E-state index is 11.6. The highest BCUT2D eigenvalue weighted by molar-refractivity contribution is 5.70. The molecule has 0 bridgehead atoms. The molecule has 0 aromatic rings. The van der Waals surface area contributed by atoms with Crippen molar-refractivity contribution in [1.82, 2.24) is 0 Å². The molecule has 0 spiro atoms. The first-order valence-electron chi connectivity index (χ1n) is 8.92. The van der Waals surface area contributed by atoms with Crippen molar-refractivity contribution in [2.75, 3.05) is 68.6 Å². The van der Waals surface area contributed by atoms with Gasteiger partial charge in [0.2, 0.25) is 0 Å². The molecule has 0 radical (unpaired) electrons. The van der Waals surface area contributed by atoms with E-state index in [1.54, 1.807) is 0 Å². The molecular weight excluding hydrogens is 468 g/mol. The van der Waals surface area contributed by atoms with Crippen LogP contribution < -0.4 is 34.0 Å². The van der Waals surface area contributed by atoms with Crippen LogP contribution in [0.4, 0.5) is 0 Å². The summed E-state index contributed by atoms with van der Waals surface area (Å²) >= 11 is 0. The molecule has 0 saturated carbocycles. The second-order valence-corrected chi connectivity index (χ2v) is 8.38. The normalized spacial score (nSPS) is 11.2. The standard InChI is InChI=1S/C18H38N2O4.2BrH/c1-19(2,3)13-9-15-23-17(21)11-7-8-12-18(22)24-16-10-14-20(4,5)6;;/h7-16H2,1-6H3;2*1H/q+2;;/p-2. The van der Waals surface area contributed by atoms with E-state index in [0.29, 0.717) is 38.9 Å². The van der Waals surface area contributed by atoms with Gasteiger partial charge in [0.1, 0.15) is 0 Å². The number of carbonyl (C=O) groups is 2. The van der Waals surface area contributed by atoms with Gasteiger partial charge < -0.3 is 52.4 Å². The largest absolute Gasteiger partial charge is 1.00 e. The minimum absolute atomic E-state index is 0. The number of carbonyl (C=O) groups excluding carboxylic acids is 2. The maximum atomic E-state index is 11.6. The van der Waals surface area contributed by atoms with Crippen molar-refractivity contribution in [1.29, 1.82) is 0 Å². The molecule has 0 aromatic heterocycles. The third-order valence-electron chi connectivity index (χ3n) is 3.48. The summed E-state index contributed by atoms with van der Waals surface area (Å²) in [6, 6.07) is 0. The molecule has 8 heteroatoms. The Balaban J connectivity index is -0.00000264. The lowest BCUT2D eigenvalue weighted by atomic mass is 10.2. The summed E-state index contributed by atoms with van der Waals surface area (Å²) < 4.78 is 12.1. The Hall–Kier alpha value is -0.180. The summed E-state index contributed by atoms with van der Waals surface area (Å²) in [4.78, 5) is 23.1. The quantitative estimate of drug-likeness (QED) is 0.145. The Morgan fingerprint density at radius 3 is 1.19 bits per heavy atom. The van der Waals surface area contributed by atoms with Gasteiger partial charge in [-0.2, -0.15) is 0 Å². The van der Waals surface area contributed by atoms with E-state index in [-0.39, 0.29) is 45.9 Å². The first-order valence-corrected chi connectivity index (χ1v) is 8.92. The van der Waals surface area contributed by atoms with Crippen LogP contribution in [0.1, 0.15) is 38.5 Å². The zero-order chi connectivity index (χ0) is 18.6. The Morgan fingerprint density at radius 1 is 0.615 bits per heavy atom. The highest BCUT2D eigenvalue weighted by Gasteiger charge is 2.10. The Labute approximate surface area is 180 Å². The number of hydrogen-bond donors (Lipinski definition) is 0. The highest BCUT2D eigenvalue weighted by Crippen LogP contribution is 2.04. The van der Waals surface area contributed by atoms with Crippen LogP contribution in [0.3, 0.4) is 0 Å². The van der Waals surface area contributed by atoms with Gasteiger partial charge in [0.25, 0.3) is 0 Å². The lowest BCUT2D eigenvalue weighted by Crippen LogP contribution is -3.00. The van der Waals surface area contributed by atoms with Crippen molar-refractivity contribution in [3.05, 3.63) is 0 Å². The Kier molecular flexibility index (Phi) is 18.6. The van der Waals surface area contributed by atoms with Gasteiger partial charge in [-0.15, -0.1) is 0 Å². The number of unbranched alkanes of at least 4 members (excludes halogenated alkanes) is 1. The number of rotatable bonds is 13. The molecule has 0 unspecified atom stereocenters. The van der Waals surface area contributed by atoms with Crippen LogP contribution >= 0.6 is 0 Å². The molecule has 0 saturated heterocycles. The van der Waals surface area contributed by atoms with Crippen molar-refractivity contribution >= 4 is 11.9 Å². The van der Waals surface area contributed by atoms with Crippen molar-refractivity contribution in [3.63, 3.8) is 0 Å². The molecular formula is C18H38Br2N2O4. The van der Waals surface area contributed by atoms with Crippen molar-refractivity contribution in [2.45, 2.75) is 38.5 Å². The zero-order valence-corrected chi connectivity index (χ0v) is 20.5. The van der Waals surface area contributed by atoms with E-state index in [1.807, 2.05) is 0 Å². The van der Waals surface area contributed by atoms with E-state index >= 15 is 0 Å². The minimum atomic E-state index is -0.173.